The molecule has 3 N–H and O–H groups in total. The van der Waals surface area contributed by atoms with Crippen LogP contribution in [0.2, 0.25) is 5.02 Å². The molecule has 0 aromatic heterocycles. The monoisotopic (exact) mass is 328 g/mol. The number of hydrogen-bond donors (Lipinski definition) is 2. The van der Waals surface area contributed by atoms with E-state index in [4.69, 9.17) is 17.3 Å². The van der Waals surface area contributed by atoms with E-state index < -0.39 is 31.7 Å². The van der Waals surface area contributed by atoms with Crippen LogP contribution in [0.3, 0.4) is 0 Å². The van der Waals surface area contributed by atoms with Crippen LogP contribution in [0.1, 0.15) is 18.4 Å². The average molecular weight is 329 g/mol. The number of nitrogens with one attached hydrogen (secondary N) is 1. The Bertz CT molecular complexity index is 613. The Hall–Kier alpha value is -0.830. The second kappa shape index (κ2) is 5.18. The second-order valence-corrected chi connectivity index (χ2v) is 6.81. The van der Waals surface area contributed by atoms with Gasteiger partial charge in [-0.3, -0.25) is 0 Å². The zero-order valence-electron chi connectivity index (χ0n) is 10.1. The highest BCUT2D eigenvalue weighted by Gasteiger charge is 2.35. The van der Waals surface area contributed by atoms with Crippen molar-refractivity contribution in [1.82, 2.24) is 4.72 Å². The maximum atomic E-state index is 12.7. The van der Waals surface area contributed by atoms with Gasteiger partial charge in [-0.1, -0.05) is 11.6 Å². The van der Waals surface area contributed by atoms with E-state index >= 15 is 0 Å². The SMILES string of the molecule is NC1CC(NS(=O)(=O)c2ccc(Cl)c(C(F)(F)F)c2)C1. The van der Waals surface area contributed by atoms with Gasteiger partial charge in [-0.2, -0.15) is 13.2 Å². The molecule has 0 unspecified atom stereocenters. The largest absolute Gasteiger partial charge is 0.417 e. The van der Waals surface area contributed by atoms with E-state index in [9.17, 15) is 21.6 Å². The number of alkyl halides is 3. The Balaban J connectivity index is 2.28. The van der Waals surface area contributed by atoms with Crippen LogP contribution >= 0.6 is 11.6 Å². The molecular formula is C11H12ClF3N2O2S. The summed E-state index contributed by atoms with van der Waals surface area (Å²) in [6.07, 6.45) is -3.76. The summed E-state index contributed by atoms with van der Waals surface area (Å²) in [4.78, 5) is -0.463. The van der Waals surface area contributed by atoms with Gasteiger partial charge in [0.05, 0.1) is 15.5 Å². The molecule has 0 atom stereocenters. The lowest BCUT2D eigenvalue weighted by Crippen LogP contribution is -2.50. The molecule has 4 nitrogen and oxygen atoms in total. The summed E-state index contributed by atoms with van der Waals surface area (Å²) in [5.41, 5.74) is 4.35. The predicted octanol–water partition coefficient (Wildman–Crippen LogP) is 2.13. The molecule has 9 heteroatoms. The quantitative estimate of drug-likeness (QED) is 0.892. The van der Waals surface area contributed by atoms with E-state index in [1.54, 1.807) is 0 Å². The maximum Gasteiger partial charge on any atom is 0.417 e. The summed E-state index contributed by atoms with van der Waals surface area (Å²) in [7, 11) is -4.01. The topological polar surface area (TPSA) is 72.2 Å². The van der Waals surface area contributed by atoms with Crippen molar-refractivity contribution in [3.05, 3.63) is 28.8 Å². The van der Waals surface area contributed by atoms with Gasteiger partial charge in [-0.15, -0.1) is 0 Å². The van der Waals surface area contributed by atoms with Crippen LogP contribution in [0.5, 0.6) is 0 Å². The molecule has 112 valence electrons. The molecule has 2 rings (SSSR count). The molecule has 20 heavy (non-hydrogen) atoms. The first-order valence-corrected chi connectivity index (χ1v) is 7.60. The lowest BCUT2D eigenvalue weighted by molar-refractivity contribution is -0.137. The standard InChI is InChI=1S/C11H12ClF3N2O2S/c12-10-2-1-8(5-9(10)11(13,14)15)20(18,19)17-7-3-6(16)4-7/h1-2,5-7,17H,3-4,16H2. The Kier molecular flexibility index (Phi) is 4.03. The summed E-state index contributed by atoms with van der Waals surface area (Å²) in [6.45, 7) is 0. The van der Waals surface area contributed by atoms with Gasteiger partial charge in [0.25, 0.3) is 0 Å². The van der Waals surface area contributed by atoms with E-state index in [0.29, 0.717) is 18.9 Å². The van der Waals surface area contributed by atoms with Crippen LogP contribution in [0.4, 0.5) is 13.2 Å². The first-order chi connectivity index (χ1) is 9.09. The summed E-state index contributed by atoms with van der Waals surface area (Å²) in [5, 5.41) is -0.540. The van der Waals surface area contributed by atoms with Crippen LogP contribution in [-0.4, -0.2) is 20.5 Å². The van der Waals surface area contributed by atoms with Crippen molar-refractivity contribution in [3.63, 3.8) is 0 Å². The number of hydrogen-bond acceptors (Lipinski definition) is 3. The number of nitrogens with two attached hydrogens (primary N) is 1. The van der Waals surface area contributed by atoms with E-state index in [1.807, 2.05) is 0 Å². The highest BCUT2D eigenvalue weighted by atomic mass is 35.5. The fourth-order valence-corrected chi connectivity index (χ4v) is 3.45. The molecule has 1 fully saturated rings. The van der Waals surface area contributed by atoms with Crippen molar-refractivity contribution < 1.29 is 21.6 Å². The van der Waals surface area contributed by atoms with Crippen LogP contribution in [0.15, 0.2) is 23.1 Å². The van der Waals surface area contributed by atoms with Crippen molar-refractivity contribution in [2.24, 2.45) is 5.73 Å². The number of sulfonamides is 1. The van der Waals surface area contributed by atoms with Crippen molar-refractivity contribution in [2.45, 2.75) is 36.0 Å². The highest BCUT2D eigenvalue weighted by Crippen LogP contribution is 2.36. The second-order valence-electron chi connectivity index (χ2n) is 4.69. The first-order valence-electron chi connectivity index (χ1n) is 5.74. The van der Waals surface area contributed by atoms with Gasteiger partial charge < -0.3 is 5.73 Å². The smallest absolute Gasteiger partial charge is 0.328 e. The van der Waals surface area contributed by atoms with Crippen LogP contribution in [0.25, 0.3) is 0 Å². The fourth-order valence-electron chi connectivity index (χ4n) is 1.93. The van der Waals surface area contributed by atoms with Crippen LogP contribution in [-0.2, 0) is 16.2 Å². The first kappa shape index (κ1) is 15.6. The zero-order valence-corrected chi connectivity index (χ0v) is 11.7. The van der Waals surface area contributed by atoms with Gasteiger partial charge in [0.2, 0.25) is 10.0 Å². The van der Waals surface area contributed by atoms with Crippen molar-refractivity contribution >= 4 is 21.6 Å². The lowest BCUT2D eigenvalue weighted by Gasteiger charge is -2.32. The van der Waals surface area contributed by atoms with Gasteiger partial charge in [0, 0.05) is 12.1 Å². The molecule has 1 aliphatic rings. The third kappa shape index (κ3) is 3.25. The fraction of sp³-hybridized carbons (Fsp3) is 0.455. The molecule has 0 amide bonds. The third-order valence-electron chi connectivity index (χ3n) is 3.05. The Morgan fingerprint density at radius 2 is 1.90 bits per heavy atom. The molecule has 0 bridgehead atoms. The molecule has 0 radical (unpaired) electrons. The molecule has 1 aromatic carbocycles. The van der Waals surface area contributed by atoms with Gasteiger partial charge >= 0.3 is 6.18 Å². The Morgan fingerprint density at radius 1 is 1.30 bits per heavy atom. The molecule has 1 aliphatic carbocycles. The summed E-state index contributed by atoms with van der Waals surface area (Å²) < 4.78 is 64.3. The van der Waals surface area contributed by atoms with Gasteiger partial charge in [-0.25, -0.2) is 13.1 Å². The zero-order chi connectivity index (χ0) is 15.1. The average Bonchev–Trinajstić information content (AvgIpc) is 2.25. The normalized spacial score (nSPS) is 23.4. The Morgan fingerprint density at radius 3 is 2.40 bits per heavy atom. The molecular weight excluding hydrogens is 317 g/mol. The molecule has 1 saturated carbocycles. The lowest BCUT2D eigenvalue weighted by atomic mass is 9.89. The molecule has 0 heterocycles. The number of benzene rings is 1. The minimum atomic E-state index is -4.71. The van der Waals surface area contributed by atoms with Crippen LogP contribution < -0.4 is 10.5 Å². The van der Waals surface area contributed by atoms with E-state index in [2.05, 4.69) is 4.72 Å². The molecule has 0 spiro atoms. The van der Waals surface area contributed by atoms with Crippen LogP contribution in [0, 0.1) is 0 Å². The van der Waals surface area contributed by atoms with Crippen molar-refractivity contribution in [3.8, 4) is 0 Å². The summed E-state index contributed by atoms with van der Waals surface area (Å²) in [6, 6.07) is 2.09. The Labute approximate surface area is 119 Å². The number of rotatable bonds is 3. The predicted molar refractivity (Wildman–Crippen MR) is 67.8 cm³/mol. The number of halogens is 4. The van der Waals surface area contributed by atoms with E-state index in [-0.39, 0.29) is 12.1 Å². The van der Waals surface area contributed by atoms with E-state index in [1.165, 1.54) is 0 Å². The minimum Gasteiger partial charge on any atom is -0.328 e. The summed E-state index contributed by atoms with van der Waals surface area (Å²) in [5.74, 6) is 0. The third-order valence-corrected chi connectivity index (χ3v) is 4.90. The summed E-state index contributed by atoms with van der Waals surface area (Å²) >= 11 is 5.44. The molecule has 0 saturated heterocycles. The highest BCUT2D eigenvalue weighted by molar-refractivity contribution is 7.89. The molecule has 0 aliphatic heterocycles. The van der Waals surface area contributed by atoms with Crippen molar-refractivity contribution in [1.29, 1.82) is 0 Å². The minimum absolute atomic E-state index is 0.0707. The van der Waals surface area contributed by atoms with E-state index in [0.717, 1.165) is 12.1 Å². The van der Waals surface area contributed by atoms with Gasteiger partial charge in [0.1, 0.15) is 0 Å². The molecule has 1 aromatic rings. The maximum absolute atomic E-state index is 12.7. The van der Waals surface area contributed by atoms with Gasteiger partial charge in [-0.05, 0) is 31.0 Å². The van der Waals surface area contributed by atoms with Crippen molar-refractivity contribution in [2.75, 3.05) is 0 Å². The van der Waals surface area contributed by atoms with Gasteiger partial charge in [0.15, 0.2) is 0 Å².